The summed E-state index contributed by atoms with van der Waals surface area (Å²) in [5.74, 6) is 0.343. The van der Waals surface area contributed by atoms with Crippen LogP contribution in [-0.4, -0.2) is 38.2 Å². The van der Waals surface area contributed by atoms with E-state index in [1.54, 1.807) is 0 Å². The molecular formula is C11H14Cl2FNO3S2. The third-order valence-electron chi connectivity index (χ3n) is 2.27. The molecule has 0 unspecified atom stereocenters. The molecule has 0 saturated heterocycles. The summed E-state index contributed by atoms with van der Waals surface area (Å²) in [7, 11) is -3.87. The van der Waals surface area contributed by atoms with Gasteiger partial charge in [0.25, 0.3) is 0 Å². The lowest BCUT2D eigenvalue weighted by Crippen LogP contribution is -2.26. The van der Waals surface area contributed by atoms with Crippen molar-refractivity contribution in [2.75, 3.05) is 24.7 Å². The van der Waals surface area contributed by atoms with Crippen LogP contribution < -0.4 is 4.72 Å². The summed E-state index contributed by atoms with van der Waals surface area (Å²) in [5.41, 5.74) is 0. The van der Waals surface area contributed by atoms with Gasteiger partial charge in [-0.25, -0.2) is 17.5 Å². The molecule has 0 amide bonds. The average molecular weight is 362 g/mol. The van der Waals surface area contributed by atoms with Gasteiger partial charge in [-0.05, 0) is 24.3 Å². The maximum Gasteiger partial charge on any atom is 0.242 e. The van der Waals surface area contributed by atoms with Gasteiger partial charge in [0.1, 0.15) is 4.90 Å². The normalized spacial score (nSPS) is 11.8. The fraction of sp³-hybridized carbons (Fsp3) is 0.455. The van der Waals surface area contributed by atoms with Crippen molar-refractivity contribution >= 4 is 45.0 Å². The number of nitrogens with one attached hydrogen (secondary N) is 1. The van der Waals surface area contributed by atoms with Crippen molar-refractivity contribution in [1.29, 1.82) is 0 Å². The third-order valence-corrected chi connectivity index (χ3v) is 5.62. The molecular weight excluding hydrogens is 348 g/mol. The second kappa shape index (κ2) is 8.41. The van der Waals surface area contributed by atoms with Gasteiger partial charge in [0.15, 0.2) is 5.82 Å². The molecule has 0 heterocycles. The predicted molar refractivity (Wildman–Crippen MR) is 80.6 cm³/mol. The zero-order valence-corrected chi connectivity index (χ0v) is 13.5. The molecule has 9 heteroatoms. The van der Waals surface area contributed by atoms with Crippen molar-refractivity contribution in [1.82, 2.24) is 4.72 Å². The van der Waals surface area contributed by atoms with E-state index in [9.17, 15) is 12.8 Å². The second-order valence-corrected chi connectivity index (χ2v) is 7.51. The Labute approximate surface area is 131 Å². The summed E-state index contributed by atoms with van der Waals surface area (Å²) in [6.45, 7) is 0.303. The van der Waals surface area contributed by atoms with Gasteiger partial charge in [-0.3, -0.25) is 0 Å². The maximum atomic E-state index is 13.5. The van der Waals surface area contributed by atoms with Crippen LogP contribution in [0.2, 0.25) is 10.0 Å². The zero-order chi connectivity index (χ0) is 15.2. The average Bonchev–Trinajstić information content (AvgIpc) is 2.39. The largest absolute Gasteiger partial charge is 0.396 e. The van der Waals surface area contributed by atoms with Gasteiger partial charge in [-0.15, -0.1) is 0 Å². The van der Waals surface area contributed by atoms with Crippen molar-refractivity contribution in [3.8, 4) is 0 Å². The first-order valence-electron chi connectivity index (χ1n) is 5.72. The Morgan fingerprint density at radius 3 is 2.65 bits per heavy atom. The third kappa shape index (κ3) is 5.05. The summed E-state index contributed by atoms with van der Waals surface area (Å²) in [5, 5.41) is 7.85. The molecule has 0 aliphatic rings. The van der Waals surface area contributed by atoms with Crippen molar-refractivity contribution < 1.29 is 17.9 Å². The van der Waals surface area contributed by atoms with E-state index in [0.717, 1.165) is 17.9 Å². The highest BCUT2D eigenvalue weighted by molar-refractivity contribution is 7.99. The van der Waals surface area contributed by atoms with Crippen LogP contribution in [0.3, 0.4) is 0 Å². The first-order chi connectivity index (χ1) is 9.40. The topological polar surface area (TPSA) is 66.4 Å². The standard InChI is InChI=1S/C11H14Cl2FNO3S2/c12-8-2-3-9(10(13)11(8)14)20(17,18)15-4-7-19-6-1-5-16/h2-3,15-16H,1,4-7H2. The number of rotatable bonds is 8. The summed E-state index contributed by atoms with van der Waals surface area (Å²) in [6, 6.07) is 2.31. The van der Waals surface area contributed by atoms with E-state index in [0.29, 0.717) is 12.2 Å². The van der Waals surface area contributed by atoms with E-state index < -0.39 is 20.9 Å². The minimum absolute atomic E-state index is 0.110. The molecule has 0 aromatic heterocycles. The van der Waals surface area contributed by atoms with Gasteiger partial charge in [-0.1, -0.05) is 23.2 Å². The molecule has 4 nitrogen and oxygen atoms in total. The van der Waals surface area contributed by atoms with Crippen molar-refractivity contribution in [2.45, 2.75) is 11.3 Å². The molecule has 2 N–H and O–H groups in total. The van der Waals surface area contributed by atoms with Crippen molar-refractivity contribution in [3.05, 3.63) is 28.0 Å². The van der Waals surface area contributed by atoms with E-state index in [1.807, 2.05) is 0 Å². The van der Waals surface area contributed by atoms with Crippen LogP contribution in [0.1, 0.15) is 6.42 Å². The minimum Gasteiger partial charge on any atom is -0.396 e. The van der Waals surface area contributed by atoms with E-state index in [2.05, 4.69) is 4.72 Å². The molecule has 1 aromatic carbocycles. The quantitative estimate of drug-likeness (QED) is 0.551. The Bertz CT molecular complexity index is 555. The molecule has 0 fully saturated rings. The Kier molecular flexibility index (Phi) is 7.57. The summed E-state index contributed by atoms with van der Waals surface area (Å²) >= 11 is 12.7. The highest BCUT2D eigenvalue weighted by Crippen LogP contribution is 2.29. The summed E-state index contributed by atoms with van der Waals surface area (Å²) < 4.78 is 39.7. The lowest BCUT2D eigenvalue weighted by atomic mass is 10.3. The molecule has 1 rings (SSSR count). The highest BCUT2D eigenvalue weighted by Gasteiger charge is 2.21. The molecule has 0 bridgehead atoms. The first kappa shape index (κ1) is 18.0. The number of sulfonamides is 1. The summed E-state index contributed by atoms with van der Waals surface area (Å²) in [6.07, 6.45) is 0.658. The van der Waals surface area contributed by atoms with E-state index in [4.69, 9.17) is 28.3 Å². The van der Waals surface area contributed by atoms with Gasteiger partial charge in [-0.2, -0.15) is 11.8 Å². The number of hydrogen-bond acceptors (Lipinski definition) is 4. The second-order valence-electron chi connectivity index (χ2n) is 3.76. The van der Waals surface area contributed by atoms with Gasteiger partial charge < -0.3 is 5.11 Å². The number of aliphatic hydroxyl groups is 1. The lowest BCUT2D eigenvalue weighted by Gasteiger charge is -2.09. The maximum absolute atomic E-state index is 13.5. The Morgan fingerprint density at radius 1 is 1.30 bits per heavy atom. The molecule has 20 heavy (non-hydrogen) atoms. The molecule has 0 aliphatic heterocycles. The predicted octanol–water partition coefficient (Wildman–Crippen LogP) is 2.53. The number of thioether (sulfide) groups is 1. The van der Waals surface area contributed by atoms with E-state index in [-0.39, 0.29) is 23.1 Å². The van der Waals surface area contributed by atoms with E-state index in [1.165, 1.54) is 11.8 Å². The SMILES string of the molecule is O=S(=O)(NCCSCCCO)c1ccc(Cl)c(F)c1Cl. The molecule has 0 saturated carbocycles. The smallest absolute Gasteiger partial charge is 0.242 e. The van der Waals surface area contributed by atoms with Gasteiger partial charge in [0.05, 0.1) is 10.0 Å². The monoisotopic (exact) mass is 361 g/mol. The van der Waals surface area contributed by atoms with E-state index >= 15 is 0 Å². The molecule has 0 radical (unpaired) electrons. The fourth-order valence-corrected chi connectivity index (χ4v) is 4.00. The number of hydrogen-bond donors (Lipinski definition) is 2. The van der Waals surface area contributed by atoms with Crippen molar-refractivity contribution in [2.24, 2.45) is 0 Å². The highest BCUT2D eigenvalue weighted by atomic mass is 35.5. The number of aliphatic hydroxyl groups excluding tert-OH is 1. The zero-order valence-electron chi connectivity index (χ0n) is 10.4. The lowest BCUT2D eigenvalue weighted by molar-refractivity contribution is 0.296. The minimum atomic E-state index is -3.87. The Hall–Kier alpha value is -0.0500. The van der Waals surface area contributed by atoms with Crippen LogP contribution in [0.4, 0.5) is 4.39 Å². The van der Waals surface area contributed by atoms with Gasteiger partial charge >= 0.3 is 0 Å². The molecule has 0 spiro atoms. The van der Waals surface area contributed by atoms with Crippen molar-refractivity contribution in [3.63, 3.8) is 0 Å². The van der Waals surface area contributed by atoms with Crippen LogP contribution in [0.25, 0.3) is 0 Å². The molecule has 0 aliphatic carbocycles. The fourth-order valence-electron chi connectivity index (χ4n) is 1.31. The number of halogens is 3. The molecule has 1 aromatic rings. The van der Waals surface area contributed by atoms with Gasteiger partial charge in [0.2, 0.25) is 10.0 Å². The molecule has 114 valence electrons. The first-order valence-corrected chi connectivity index (χ1v) is 9.11. The van der Waals surface area contributed by atoms with Crippen LogP contribution in [-0.2, 0) is 10.0 Å². The van der Waals surface area contributed by atoms with Gasteiger partial charge in [0, 0.05) is 18.9 Å². The Balaban J connectivity index is 2.63. The van der Waals surface area contributed by atoms with Crippen LogP contribution in [0.15, 0.2) is 17.0 Å². The molecule has 0 atom stereocenters. The van der Waals surface area contributed by atoms with Crippen LogP contribution in [0.5, 0.6) is 0 Å². The van der Waals surface area contributed by atoms with Crippen LogP contribution in [0, 0.1) is 5.82 Å². The van der Waals surface area contributed by atoms with Crippen LogP contribution >= 0.6 is 35.0 Å². The Morgan fingerprint density at radius 2 is 2.00 bits per heavy atom. The number of benzene rings is 1. The summed E-state index contributed by atoms with van der Waals surface area (Å²) in [4.78, 5) is -0.332.